The van der Waals surface area contributed by atoms with Gasteiger partial charge < -0.3 is 10.0 Å². The fourth-order valence-corrected chi connectivity index (χ4v) is 3.87. The van der Waals surface area contributed by atoms with E-state index in [0.717, 1.165) is 18.9 Å². The van der Waals surface area contributed by atoms with E-state index in [1.807, 2.05) is 11.8 Å². The minimum Gasteiger partial charge on any atom is -0.393 e. The second-order valence-electron chi connectivity index (χ2n) is 6.04. The van der Waals surface area contributed by atoms with Gasteiger partial charge in [-0.3, -0.25) is 0 Å². The van der Waals surface area contributed by atoms with Gasteiger partial charge in [0, 0.05) is 18.3 Å². The van der Waals surface area contributed by atoms with E-state index in [-0.39, 0.29) is 6.10 Å². The van der Waals surface area contributed by atoms with Gasteiger partial charge in [0.25, 0.3) is 0 Å². The van der Waals surface area contributed by atoms with E-state index in [1.54, 1.807) is 0 Å². The molecule has 2 nitrogen and oxygen atoms in total. The Morgan fingerprint density at radius 1 is 1.39 bits per heavy atom. The van der Waals surface area contributed by atoms with E-state index in [1.165, 1.54) is 31.4 Å². The van der Waals surface area contributed by atoms with Gasteiger partial charge in [-0.05, 0) is 51.3 Å². The molecule has 1 aliphatic rings. The minimum atomic E-state index is -0.0676. The summed E-state index contributed by atoms with van der Waals surface area (Å²) in [7, 11) is 2.21. The highest BCUT2D eigenvalue weighted by molar-refractivity contribution is 7.98. The monoisotopic (exact) mass is 273 g/mol. The van der Waals surface area contributed by atoms with Crippen molar-refractivity contribution in [2.75, 3.05) is 25.6 Å². The quantitative estimate of drug-likeness (QED) is 0.770. The molecule has 0 aliphatic heterocycles. The average Bonchev–Trinajstić information content (AvgIpc) is 2.34. The second kappa shape index (κ2) is 8.44. The Kier molecular flexibility index (Phi) is 7.66. The molecule has 0 aromatic rings. The van der Waals surface area contributed by atoms with Crippen molar-refractivity contribution < 1.29 is 5.11 Å². The predicted octanol–water partition coefficient (Wildman–Crippen LogP) is 3.25. The van der Waals surface area contributed by atoms with Crippen molar-refractivity contribution in [3.63, 3.8) is 0 Å². The molecule has 18 heavy (non-hydrogen) atoms. The minimum absolute atomic E-state index is 0.0676. The van der Waals surface area contributed by atoms with Crippen LogP contribution in [0.15, 0.2) is 0 Å². The van der Waals surface area contributed by atoms with Gasteiger partial charge in [0.05, 0.1) is 6.10 Å². The molecule has 4 unspecified atom stereocenters. The van der Waals surface area contributed by atoms with E-state index in [4.69, 9.17) is 0 Å². The zero-order valence-corrected chi connectivity index (χ0v) is 13.4. The van der Waals surface area contributed by atoms with E-state index < -0.39 is 0 Å². The van der Waals surface area contributed by atoms with Gasteiger partial charge in [-0.15, -0.1) is 0 Å². The molecule has 0 radical (unpaired) electrons. The zero-order valence-electron chi connectivity index (χ0n) is 12.6. The first-order chi connectivity index (χ1) is 8.58. The summed E-state index contributed by atoms with van der Waals surface area (Å²) in [6.07, 6.45) is 8.19. The summed E-state index contributed by atoms with van der Waals surface area (Å²) in [6.45, 7) is 5.62. The Balaban J connectivity index is 2.42. The molecule has 1 N–H and O–H groups in total. The summed E-state index contributed by atoms with van der Waals surface area (Å²) in [5.41, 5.74) is 0. The van der Waals surface area contributed by atoms with Crippen molar-refractivity contribution in [1.29, 1.82) is 0 Å². The lowest BCUT2D eigenvalue weighted by atomic mass is 9.77. The number of aliphatic hydroxyl groups excluding tert-OH is 1. The van der Waals surface area contributed by atoms with Crippen molar-refractivity contribution in [1.82, 2.24) is 4.90 Å². The molecule has 3 heteroatoms. The third kappa shape index (κ3) is 5.10. The molecule has 1 aliphatic carbocycles. The molecular weight excluding hydrogens is 242 g/mol. The van der Waals surface area contributed by atoms with Crippen molar-refractivity contribution >= 4 is 11.8 Å². The Morgan fingerprint density at radius 2 is 2.11 bits per heavy atom. The fourth-order valence-electron chi connectivity index (χ4n) is 3.13. The van der Waals surface area contributed by atoms with Crippen molar-refractivity contribution in [3.05, 3.63) is 0 Å². The molecule has 0 spiro atoms. The van der Waals surface area contributed by atoms with Crippen LogP contribution < -0.4 is 0 Å². The van der Waals surface area contributed by atoms with Crippen LogP contribution in [-0.4, -0.2) is 47.8 Å². The van der Waals surface area contributed by atoms with Crippen molar-refractivity contribution in [3.8, 4) is 0 Å². The first-order valence-electron chi connectivity index (χ1n) is 7.45. The lowest BCUT2D eigenvalue weighted by Gasteiger charge is -2.37. The number of aliphatic hydroxyl groups is 1. The summed E-state index contributed by atoms with van der Waals surface area (Å²) in [6, 6.07) is 0.610. The SMILES string of the molecule is CCCC1CCC(O)C(CN(C)C(C)CSC)C1. The van der Waals surface area contributed by atoms with E-state index in [2.05, 4.69) is 32.1 Å². The average molecular weight is 273 g/mol. The molecule has 0 aromatic heterocycles. The Hall–Kier alpha value is 0.270. The highest BCUT2D eigenvalue weighted by Crippen LogP contribution is 2.32. The number of hydrogen-bond acceptors (Lipinski definition) is 3. The molecule has 4 atom stereocenters. The Morgan fingerprint density at radius 3 is 2.72 bits per heavy atom. The summed E-state index contributed by atoms with van der Waals surface area (Å²) in [5, 5.41) is 10.2. The van der Waals surface area contributed by atoms with E-state index in [0.29, 0.717) is 12.0 Å². The van der Waals surface area contributed by atoms with Gasteiger partial charge in [0.1, 0.15) is 0 Å². The van der Waals surface area contributed by atoms with E-state index in [9.17, 15) is 5.11 Å². The smallest absolute Gasteiger partial charge is 0.0580 e. The van der Waals surface area contributed by atoms with Crippen molar-refractivity contribution in [2.24, 2.45) is 11.8 Å². The van der Waals surface area contributed by atoms with Gasteiger partial charge in [0.15, 0.2) is 0 Å². The van der Waals surface area contributed by atoms with Gasteiger partial charge >= 0.3 is 0 Å². The predicted molar refractivity (Wildman–Crippen MR) is 82.2 cm³/mol. The molecule has 1 saturated carbocycles. The van der Waals surface area contributed by atoms with Crippen LogP contribution in [0.2, 0.25) is 0 Å². The molecule has 0 aromatic carbocycles. The van der Waals surface area contributed by atoms with Gasteiger partial charge in [-0.25, -0.2) is 0 Å². The summed E-state index contributed by atoms with van der Waals surface area (Å²) in [5.74, 6) is 2.52. The van der Waals surface area contributed by atoms with Crippen LogP contribution in [0.1, 0.15) is 46.0 Å². The second-order valence-corrected chi connectivity index (χ2v) is 6.95. The highest BCUT2D eigenvalue weighted by Gasteiger charge is 2.30. The van der Waals surface area contributed by atoms with Gasteiger partial charge in [0.2, 0.25) is 0 Å². The maximum absolute atomic E-state index is 10.2. The van der Waals surface area contributed by atoms with Crippen LogP contribution in [0.3, 0.4) is 0 Å². The maximum atomic E-state index is 10.2. The molecule has 0 saturated heterocycles. The van der Waals surface area contributed by atoms with Crippen LogP contribution in [-0.2, 0) is 0 Å². The van der Waals surface area contributed by atoms with Crippen LogP contribution in [0.5, 0.6) is 0 Å². The number of rotatable bonds is 7. The molecule has 108 valence electrons. The van der Waals surface area contributed by atoms with Crippen LogP contribution in [0.25, 0.3) is 0 Å². The molecule has 0 bridgehead atoms. The largest absolute Gasteiger partial charge is 0.393 e. The third-order valence-electron chi connectivity index (χ3n) is 4.43. The topological polar surface area (TPSA) is 23.5 Å². The normalized spacial score (nSPS) is 30.7. The first-order valence-corrected chi connectivity index (χ1v) is 8.85. The van der Waals surface area contributed by atoms with Crippen LogP contribution >= 0.6 is 11.8 Å². The van der Waals surface area contributed by atoms with Crippen LogP contribution in [0, 0.1) is 11.8 Å². The molecule has 1 fully saturated rings. The zero-order chi connectivity index (χ0) is 13.5. The maximum Gasteiger partial charge on any atom is 0.0580 e. The summed E-state index contributed by atoms with van der Waals surface area (Å²) >= 11 is 1.91. The van der Waals surface area contributed by atoms with Crippen LogP contribution in [0.4, 0.5) is 0 Å². The number of nitrogens with zero attached hydrogens (tertiary/aromatic N) is 1. The summed E-state index contributed by atoms with van der Waals surface area (Å²) < 4.78 is 0. The van der Waals surface area contributed by atoms with Gasteiger partial charge in [-0.1, -0.05) is 19.8 Å². The first kappa shape index (κ1) is 16.3. The number of hydrogen-bond donors (Lipinski definition) is 1. The lowest BCUT2D eigenvalue weighted by Crippen LogP contribution is -2.41. The third-order valence-corrected chi connectivity index (χ3v) is 5.25. The number of thioether (sulfide) groups is 1. The molecule has 0 heterocycles. The molecule has 1 rings (SSSR count). The highest BCUT2D eigenvalue weighted by atomic mass is 32.2. The molecule has 0 amide bonds. The Labute approximate surface area is 118 Å². The fraction of sp³-hybridized carbons (Fsp3) is 1.00. The molecular formula is C15H31NOS. The summed E-state index contributed by atoms with van der Waals surface area (Å²) in [4.78, 5) is 2.43. The lowest BCUT2D eigenvalue weighted by molar-refractivity contribution is 0.0258. The Bertz CT molecular complexity index is 225. The van der Waals surface area contributed by atoms with E-state index >= 15 is 0 Å². The van der Waals surface area contributed by atoms with Crippen molar-refractivity contribution in [2.45, 2.75) is 58.1 Å². The standard InChI is InChI=1S/C15H31NOS/c1-5-6-13-7-8-15(17)14(9-13)10-16(3)12(2)11-18-4/h12-15,17H,5-11H2,1-4H3. The van der Waals surface area contributed by atoms with Gasteiger partial charge in [-0.2, -0.15) is 11.8 Å².